The summed E-state index contributed by atoms with van der Waals surface area (Å²) in [6, 6.07) is 28.8. The third kappa shape index (κ3) is 3.01. The van der Waals surface area contributed by atoms with Gasteiger partial charge in [0.2, 0.25) is 0 Å². The van der Waals surface area contributed by atoms with E-state index in [1.165, 1.54) is 26.3 Å². The number of allylic oxidation sites excluding steroid dienone is 1. The zero-order valence-corrected chi connectivity index (χ0v) is 21.0. The Kier molecular flexibility index (Phi) is 4.56. The number of benzene rings is 3. The zero-order valence-electron chi connectivity index (χ0n) is 18.3. The first kappa shape index (κ1) is 20.4. The molecule has 6 rings (SSSR count). The van der Waals surface area contributed by atoms with E-state index in [2.05, 4.69) is 78.7 Å². The summed E-state index contributed by atoms with van der Waals surface area (Å²) < 4.78 is 2.26. The quantitative estimate of drug-likeness (QED) is 0.221. The van der Waals surface area contributed by atoms with Crippen molar-refractivity contribution in [2.45, 2.75) is 13.1 Å². The summed E-state index contributed by atoms with van der Waals surface area (Å²) in [7, 11) is -1.81. The van der Waals surface area contributed by atoms with E-state index in [4.69, 9.17) is 0 Å². The molecule has 5 heteroatoms. The van der Waals surface area contributed by atoms with Gasteiger partial charge in [0.15, 0.2) is 0 Å². The molecule has 0 radical (unpaired) electrons. The first-order valence-electron chi connectivity index (χ1n) is 11.0. The molecule has 0 saturated carbocycles. The van der Waals surface area contributed by atoms with E-state index in [1.54, 1.807) is 24.3 Å². The van der Waals surface area contributed by atoms with Gasteiger partial charge in [-0.15, -0.1) is 0 Å². The van der Waals surface area contributed by atoms with Gasteiger partial charge in [0.25, 0.3) is 0 Å². The second kappa shape index (κ2) is 7.39. The van der Waals surface area contributed by atoms with E-state index in [0.29, 0.717) is 11.1 Å². The molecular formula is C28H21NO2SeSi. The number of nitrogens with zero attached hydrogens (tertiary/aromatic N) is 1. The number of fused-ring (bicyclic) bond motifs is 3. The van der Waals surface area contributed by atoms with Crippen LogP contribution in [0.5, 0.6) is 0 Å². The molecule has 0 atom stereocenters. The summed E-state index contributed by atoms with van der Waals surface area (Å²) >= 11 is -0.0222. The van der Waals surface area contributed by atoms with Gasteiger partial charge in [0.05, 0.1) is 0 Å². The first-order valence-corrected chi connectivity index (χ1v) is 15.7. The fourth-order valence-corrected chi connectivity index (χ4v) is 10.0. The predicted octanol–water partition coefficient (Wildman–Crippen LogP) is 4.81. The fraction of sp³-hybridized carbons (Fsp3) is 0.0714. The molecule has 3 aromatic carbocycles. The number of anilines is 3. The number of ketones is 2. The van der Waals surface area contributed by atoms with Crippen LogP contribution in [0.3, 0.4) is 0 Å². The Bertz CT molecular complexity index is 1410. The Hall–Kier alpha value is -3.24. The van der Waals surface area contributed by atoms with Crippen molar-refractivity contribution in [2.75, 3.05) is 4.90 Å². The number of carbonyl (C=O) groups excluding carboxylic acids is 2. The van der Waals surface area contributed by atoms with Crippen LogP contribution in [0.4, 0.5) is 15.9 Å². The van der Waals surface area contributed by atoms with Gasteiger partial charge in [-0.3, -0.25) is 0 Å². The van der Waals surface area contributed by atoms with Crippen molar-refractivity contribution in [3.63, 3.8) is 0 Å². The summed E-state index contributed by atoms with van der Waals surface area (Å²) in [6.07, 6.45) is 1.81. The van der Waals surface area contributed by atoms with Gasteiger partial charge in [-0.2, -0.15) is 0 Å². The zero-order chi connectivity index (χ0) is 22.7. The number of hydrogen-bond donors (Lipinski definition) is 0. The van der Waals surface area contributed by atoms with Crippen molar-refractivity contribution in [1.82, 2.24) is 0 Å². The van der Waals surface area contributed by atoms with Crippen LogP contribution in [0.1, 0.15) is 25.2 Å². The van der Waals surface area contributed by atoms with Crippen LogP contribution >= 0.6 is 0 Å². The van der Waals surface area contributed by atoms with Crippen LogP contribution in [-0.2, 0) is 0 Å². The summed E-state index contributed by atoms with van der Waals surface area (Å²) in [5, 5.41) is 2.87. The van der Waals surface area contributed by atoms with Crippen molar-refractivity contribution < 1.29 is 9.59 Å². The fourth-order valence-electron chi connectivity index (χ4n) is 4.99. The second-order valence-electron chi connectivity index (χ2n) is 8.93. The van der Waals surface area contributed by atoms with Crippen molar-refractivity contribution >= 4 is 66.5 Å². The standard InChI is InChI=1S/C28H21NO2SeSi/c1-33(2)24-13-7-5-11-22(24)29(23-12-6-8-14-25(23)33)26-16-15-18(32-26)17-21-27(30)19-9-3-4-10-20(19)28(21)31/h3-17H,1-2H3. The van der Waals surface area contributed by atoms with E-state index < -0.39 is 8.07 Å². The van der Waals surface area contributed by atoms with Crippen LogP contribution in [0.25, 0.3) is 6.08 Å². The third-order valence-electron chi connectivity index (χ3n) is 6.66. The molecule has 0 fully saturated rings. The second-order valence-corrected chi connectivity index (χ2v) is 15.6. The van der Waals surface area contributed by atoms with E-state index in [1.807, 2.05) is 6.08 Å². The Labute approximate surface area is 199 Å². The monoisotopic (exact) mass is 511 g/mol. The normalized spacial score (nSPS) is 15.8. The van der Waals surface area contributed by atoms with E-state index in [0.717, 1.165) is 4.44 Å². The molecule has 0 N–H and O–H groups in total. The number of rotatable bonds is 2. The topological polar surface area (TPSA) is 37.4 Å². The molecule has 2 heterocycles. The molecule has 0 amide bonds. The molecule has 1 aliphatic carbocycles. The van der Waals surface area contributed by atoms with Crippen molar-refractivity contribution in [2.24, 2.45) is 0 Å². The molecule has 0 spiro atoms. The minimum absolute atomic E-state index is 0.0222. The van der Waals surface area contributed by atoms with Gasteiger partial charge in [-0.1, -0.05) is 0 Å². The van der Waals surface area contributed by atoms with Crippen LogP contribution in [-0.4, -0.2) is 34.1 Å². The molecule has 3 nitrogen and oxygen atoms in total. The van der Waals surface area contributed by atoms with Crippen molar-refractivity contribution in [1.29, 1.82) is 0 Å². The molecule has 0 unspecified atom stereocenters. The van der Waals surface area contributed by atoms with Gasteiger partial charge in [-0.05, 0) is 0 Å². The van der Waals surface area contributed by atoms with E-state index in [9.17, 15) is 9.59 Å². The number of para-hydroxylation sites is 2. The summed E-state index contributed by atoms with van der Waals surface area (Å²) in [6.45, 7) is 4.83. The van der Waals surface area contributed by atoms with Gasteiger partial charge >= 0.3 is 200 Å². The summed E-state index contributed by atoms with van der Waals surface area (Å²) in [5.74, 6) is -0.329. The van der Waals surface area contributed by atoms with Gasteiger partial charge in [0, 0.05) is 0 Å². The molecule has 160 valence electrons. The van der Waals surface area contributed by atoms with Crippen molar-refractivity contribution in [3.8, 4) is 0 Å². The number of hydrogen-bond acceptors (Lipinski definition) is 3. The Morgan fingerprint density at radius 3 is 1.79 bits per heavy atom. The van der Waals surface area contributed by atoms with Crippen LogP contribution in [0.2, 0.25) is 13.1 Å². The van der Waals surface area contributed by atoms with Gasteiger partial charge < -0.3 is 0 Å². The Morgan fingerprint density at radius 2 is 1.21 bits per heavy atom. The summed E-state index contributed by atoms with van der Waals surface area (Å²) in [5.41, 5.74) is 3.82. The molecule has 0 saturated heterocycles. The van der Waals surface area contributed by atoms with Crippen LogP contribution in [0.15, 0.2) is 90.5 Å². The number of Topliss-reactive ketones (excluding diaryl/α,β-unsaturated/α-hetero) is 2. The summed E-state index contributed by atoms with van der Waals surface area (Å²) in [4.78, 5) is 28.1. The molecule has 1 aromatic heterocycles. The first-order chi connectivity index (χ1) is 16.0. The Morgan fingerprint density at radius 1 is 0.697 bits per heavy atom. The van der Waals surface area contributed by atoms with Crippen LogP contribution in [0, 0.1) is 0 Å². The molecule has 1 aliphatic heterocycles. The van der Waals surface area contributed by atoms with Crippen LogP contribution < -0.4 is 15.3 Å². The molecule has 0 bridgehead atoms. The molecular weight excluding hydrogens is 489 g/mol. The minimum atomic E-state index is -1.81. The van der Waals surface area contributed by atoms with Crippen molar-refractivity contribution in [3.05, 3.63) is 106 Å². The number of carbonyl (C=O) groups is 2. The molecule has 2 aliphatic rings. The average Bonchev–Trinajstić information content (AvgIpc) is 3.39. The third-order valence-corrected chi connectivity index (χ3v) is 12.3. The van der Waals surface area contributed by atoms with E-state index >= 15 is 0 Å². The predicted molar refractivity (Wildman–Crippen MR) is 138 cm³/mol. The van der Waals surface area contributed by atoms with E-state index in [-0.39, 0.29) is 31.6 Å². The maximum absolute atomic E-state index is 12.8. The Balaban J connectivity index is 1.45. The van der Waals surface area contributed by atoms with Gasteiger partial charge in [-0.25, -0.2) is 0 Å². The molecule has 4 aromatic rings. The maximum atomic E-state index is 12.8. The van der Waals surface area contributed by atoms with Gasteiger partial charge in [0.1, 0.15) is 0 Å². The SMILES string of the molecule is C[Si]1(C)c2ccccc2N(c2ccc(C=C3C(=O)c4ccccc4C3=O)[se]2)c2ccccc21. The average molecular weight is 511 g/mol. The molecule has 33 heavy (non-hydrogen) atoms.